The number of hydrogen-bond donors (Lipinski definition) is 1. The fourth-order valence-corrected chi connectivity index (χ4v) is 4.61. The number of aryl methyl sites for hydroxylation is 1. The van der Waals surface area contributed by atoms with Gasteiger partial charge in [0.2, 0.25) is 10.0 Å². The van der Waals surface area contributed by atoms with Gasteiger partial charge in [-0.05, 0) is 30.3 Å². The highest BCUT2D eigenvalue weighted by Gasteiger charge is 2.17. The molecule has 0 aliphatic carbocycles. The van der Waals surface area contributed by atoms with Gasteiger partial charge in [-0.1, -0.05) is 11.6 Å². The van der Waals surface area contributed by atoms with Crippen LogP contribution in [0.2, 0.25) is 4.34 Å². The van der Waals surface area contributed by atoms with Gasteiger partial charge >= 0.3 is 0 Å². The summed E-state index contributed by atoms with van der Waals surface area (Å²) in [6, 6.07) is 8.63. The Hall–Kier alpha value is -1.74. The van der Waals surface area contributed by atoms with Crippen LogP contribution in [0.5, 0.6) is 0 Å². The second-order valence-corrected chi connectivity index (χ2v) is 8.47. The zero-order valence-corrected chi connectivity index (χ0v) is 14.5. The monoisotopic (exact) mass is 368 g/mol. The van der Waals surface area contributed by atoms with E-state index in [1.54, 1.807) is 23.1 Å². The molecule has 0 amide bonds. The first-order valence-electron chi connectivity index (χ1n) is 6.64. The summed E-state index contributed by atoms with van der Waals surface area (Å²) in [5.74, 6) is 0. The van der Waals surface area contributed by atoms with Crippen LogP contribution >= 0.6 is 22.9 Å². The van der Waals surface area contributed by atoms with Crippen molar-refractivity contribution in [3.63, 3.8) is 0 Å². The maximum atomic E-state index is 12.2. The van der Waals surface area contributed by atoms with Gasteiger partial charge in [-0.15, -0.1) is 11.3 Å². The third-order valence-corrected chi connectivity index (χ3v) is 6.29. The van der Waals surface area contributed by atoms with E-state index in [0.717, 1.165) is 22.6 Å². The normalized spacial score (nSPS) is 11.7. The Morgan fingerprint density at radius 2 is 2.00 bits per heavy atom. The molecule has 3 aromatic heterocycles. The van der Waals surface area contributed by atoms with Gasteiger partial charge in [-0.2, -0.15) is 5.10 Å². The van der Waals surface area contributed by atoms with Crippen LogP contribution < -0.4 is 4.72 Å². The van der Waals surface area contributed by atoms with E-state index >= 15 is 0 Å². The summed E-state index contributed by atoms with van der Waals surface area (Å²) in [5.41, 5.74) is 2.49. The lowest BCUT2D eigenvalue weighted by Gasteiger charge is -2.01. The molecule has 0 saturated carbocycles. The number of nitrogens with zero attached hydrogens (tertiary/aromatic N) is 3. The van der Waals surface area contributed by atoms with E-state index in [0.29, 0.717) is 10.0 Å². The minimum atomic E-state index is -3.58. The molecule has 0 saturated heterocycles. The van der Waals surface area contributed by atoms with Crippen molar-refractivity contribution in [2.75, 3.05) is 0 Å². The molecule has 0 unspecified atom stereocenters. The van der Waals surface area contributed by atoms with Crippen molar-refractivity contribution in [1.82, 2.24) is 19.5 Å². The molecule has 0 aromatic carbocycles. The van der Waals surface area contributed by atoms with E-state index in [1.165, 1.54) is 6.07 Å². The first-order valence-corrected chi connectivity index (χ1v) is 9.32. The molecule has 3 heterocycles. The van der Waals surface area contributed by atoms with Crippen LogP contribution in [0.4, 0.5) is 0 Å². The fourth-order valence-electron chi connectivity index (χ4n) is 2.09. The summed E-state index contributed by atoms with van der Waals surface area (Å²) in [6.07, 6.45) is 3.40. The largest absolute Gasteiger partial charge is 0.268 e. The Kier molecular flexibility index (Phi) is 4.49. The van der Waals surface area contributed by atoms with Gasteiger partial charge in [0.25, 0.3) is 0 Å². The van der Waals surface area contributed by atoms with Crippen LogP contribution in [0.3, 0.4) is 0 Å². The Bertz CT molecular complexity index is 919. The average Bonchev–Trinajstić information content (AvgIpc) is 3.13. The number of nitrogens with one attached hydrogen (secondary N) is 1. The molecular formula is C14H13ClN4O2S2. The highest BCUT2D eigenvalue weighted by Crippen LogP contribution is 2.25. The first-order chi connectivity index (χ1) is 11.0. The highest BCUT2D eigenvalue weighted by atomic mass is 35.5. The molecule has 6 nitrogen and oxygen atoms in total. The smallest absolute Gasteiger partial charge is 0.250 e. The van der Waals surface area contributed by atoms with E-state index < -0.39 is 10.0 Å². The minimum absolute atomic E-state index is 0.108. The molecule has 120 valence electrons. The van der Waals surface area contributed by atoms with Gasteiger partial charge in [0.1, 0.15) is 4.21 Å². The van der Waals surface area contributed by atoms with Crippen LogP contribution in [-0.2, 0) is 23.6 Å². The van der Waals surface area contributed by atoms with E-state index in [2.05, 4.69) is 14.8 Å². The number of sulfonamides is 1. The minimum Gasteiger partial charge on any atom is -0.268 e. The molecule has 3 aromatic rings. The van der Waals surface area contributed by atoms with Crippen LogP contribution in [0, 0.1) is 0 Å². The Balaban J connectivity index is 1.77. The molecule has 9 heteroatoms. The highest BCUT2D eigenvalue weighted by molar-refractivity contribution is 7.91. The summed E-state index contributed by atoms with van der Waals surface area (Å²) < 4.78 is 29.2. The molecule has 0 radical (unpaired) electrons. The summed E-state index contributed by atoms with van der Waals surface area (Å²) in [7, 11) is -1.77. The molecule has 23 heavy (non-hydrogen) atoms. The van der Waals surface area contributed by atoms with Crippen molar-refractivity contribution in [2.24, 2.45) is 7.05 Å². The van der Waals surface area contributed by atoms with E-state index in [9.17, 15) is 8.42 Å². The van der Waals surface area contributed by atoms with Gasteiger partial charge in [0, 0.05) is 25.0 Å². The second-order valence-electron chi connectivity index (χ2n) is 4.76. The van der Waals surface area contributed by atoms with Gasteiger partial charge in [0.05, 0.1) is 22.3 Å². The number of hydrogen-bond acceptors (Lipinski definition) is 5. The predicted molar refractivity (Wildman–Crippen MR) is 89.8 cm³/mol. The van der Waals surface area contributed by atoms with E-state index in [-0.39, 0.29) is 10.8 Å². The van der Waals surface area contributed by atoms with Gasteiger partial charge in [-0.3, -0.25) is 9.67 Å². The maximum absolute atomic E-state index is 12.2. The Morgan fingerprint density at radius 3 is 2.65 bits per heavy atom. The van der Waals surface area contributed by atoms with Crippen molar-refractivity contribution < 1.29 is 8.42 Å². The molecule has 3 rings (SSSR count). The summed E-state index contributed by atoms with van der Waals surface area (Å²) in [4.78, 5) is 3.98. The molecule has 0 aliphatic heterocycles. The van der Waals surface area contributed by atoms with Crippen molar-refractivity contribution in [2.45, 2.75) is 10.8 Å². The van der Waals surface area contributed by atoms with E-state index in [1.807, 2.05) is 25.2 Å². The zero-order chi connectivity index (χ0) is 16.4. The van der Waals surface area contributed by atoms with Crippen LogP contribution in [-0.4, -0.2) is 23.2 Å². The molecule has 0 spiro atoms. The van der Waals surface area contributed by atoms with Gasteiger partial charge < -0.3 is 0 Å². The fraction of sp³-hybridized carbons (Fsp3) is 0.143. The average molecular weight is 369 g/mol. The van der Waals surface area contributed by atoms with Crippen LogP contribution in [0.1, 0.15) is 5.69 Å². The lowest BCUT2D eigenvalue weighted by Crippen LogP contribution is -2.22. The SMILES string of the molecule is Cn1nc(CNS(=O)(=O)c2ccc(Cl)s2)cc1-c1ccncc1. The third kappa shape index (κ3) is 3.61. The van der Waals surface area contributed by atoms with Crippen molar-refractivity contribution >= 4 is 33.0 Å². The van der Waals surface area contributed by atoms with Gasteiger partial charge in [0.15, 0.2) is 0 Å². The molecule has 0 bridgehead atoms. The summed E-state index contributed by atoms with van der Waals surface area (Å²) in [5, 5.41) is 4.34. The van der Waals surface area contributed by atoms with Gasteiger partial charge in [-0.25, -0.2) is 13.1 Å². The standard InChI is InChI=1S/C14H13ClN4O2S2/c1-19-12(10-4-6-16-7-5-10)8-11(18-19)9-17-23(20,21)14-3-2-13(15)22-14/h2-8,17H,9H2,1H3. The summed E-state index contributed by atoms with van der Waals surface area (Å²) >= 11 is 6.80. The molecular weight excluding hydrogens is 356 g/mol. The molecule has 0 atom stereocenters. The molecule has 0 fully saturated rings. The van der Waals surface area contributed by atoms with Crippen LogP contribution in [0.25, 0.3) is 11.3 Å². The number of thiophene rings is 1. The quantitative estimate of drug-likeness (QED) is 0.751. The lowest BCUT2D eigenvalue weighted by molar-refractivity contribution is 0.581. The van der Waals surface area contributed by atoms with Crippen molar-refractivity contribution in [3.05, 3.63) is 52.8 Å². The number of halogens is 1. The number of pyridine rings is 1. The topological polar surface area (TPSA) is 76.9 Å². The zero-order valence-electron chi connectivity index (χ0n) is 12.1. The first kappa shape index (κ1) is 16.1. The third-order valence-electron chi connectivity index (χ3n) is 3.16. The Morgan fingerprint density at radius 1 is 1.26 bits per heavy atom. The lowest BCUT2D eigenvalue weighted by atomic mass is 10.2. The van der Waals surface area contributed by atoms with Crippen molar-refractivity contribution in [1.29, 1.82) is 0 Å². The molecule has 1 N–H and O–H groups in total. The second kappa shape index (κ2) is 6.40. The molecule has 0 aliphatic rings. The van der Waals surface area contributed by atoms with E-state index in [4.69, 9.17) is 11.6 Å². The number of rotatable bonds is 5. The maximum Gasteiger partial charge on any atom is 0.250 e. The van der Waals surface area contributed by atoms with Crippen LogP contribution in [0.15, 0.2) is 46.9 Å². The predicted octanol–water partition coefficient (Wildman–Crippen LogP) is 2.68. The summed E-state index contributed by atoms with van der Waals surface area (Å²) in [6.45, 7) is 0.108. The van der Waals surface area contributed by atoms with Crippen molar-refractivity contribution in [3.8, 4) is 11.3 Å². The number of aromatic nitrogens is 3. The Labute approximate surface area is 142 Å².